The average molecular weight is 359 g/mol. The zero-order chi connectivity index (χ0) is 14.5. The number of hydrogen-bond donors (Lipinski definition) is 1. The molecular weight excluding hydrogens is 340 g/mol. The van der Waals surface area contributed by atoms with Gasteiger partial charge >= 0.3 is 0 Å². The van der Waals surface area contributed by atoms with E-state index in [1.54, 1.807) is 6.07 Å². The van der Waals surface area contributed by atoms with Crippen molar-refractivity contribution in [2.24, 2.45) is 0 Å². The molecule has 0 aliphatic heterocycles. The first-order valence-corrected chi connectivity index (χ1v) is 8.88. The lowest BCUT2D eigenvalue weighted by molar-refractivity contribution is -0.385. The highest BCUT2D eigenvalue weighted by Gasteiger charge is 2.21. The van der Waals surface area contributed by atoms with Crippen LogP contribution in [0.4, 0.5) is 5.69 Å². The summed E-state index contributed by atoms with van der Waals surface area (Å²) in [4.78, 5) is 10.6. The molecule has 0 radical (unpaired) electrons. The van der Waals surface area contributed by atoms with E-state index in [0.717, 1.165) is 10.8 Å². The van der Waals surface area contributed by atoms with E-state index in [1.807, 2.05) is 17.8 Å². The average Bonchev–Trinajstić information content (AvgIpc) is 2.46. The molecule has 0 aromatic heterocycles. The summed E-state index contributed by atoms with van der Waals surface area (Å²) >= 11 is 5.30. The predicted molar refractivity (Wildman–Crippen MR) is 87.2 cm³/mol. The quantitative estimate of drug-likeness (QED) is 0.635. The van der Waals surface area contributed by atoms with Gasteiger partial charge < -0.3 is 5.32 Å². The van der Waals surface area contributed by atoms with E-state index in [1.165, 1.54) is 31.7 Å². The molecule has 1 aromatic rings. The number of nitrogens with one attached hydrogen (secondary N) is 1. The number of nitro benzene ring substituents is 1. The topological polar surface area (TPSA) is 55.2 Å². The summed E-state index contributed by atoms with van der Waals surface area (Å²) in [6.07, 6.45) is 7.08. The molecule has 0 heterocycles. The number of nitro groups is 1. The van der Waals surface area contributed by atoms with Crippen LogP contribution in [0, 0.1) is 10.1 Å². The summed E-state index contributed by atoms with van der Waals surface area (Å²) in [7, 11) is 0. The monoisotopic (exact) mass is 358 g/mol. The van der Waals surface area contributed by atoms with Gasteiger partial charge in [0.15, 0.2) is 0 Å². The van der Waals surface area contributed by atoms with Crippen LogP contribution in [-0.4, -0.2) is 22.5 Å². The second-order valence-electron chi connectivity index (χ2n) is 5.10. The molecular formula is C14H19BrN2O2S. The molecule has 2 rings (SSSR count). The van der Waals surface area contributed by atoms with Crippen LogP contribution in [0.3, 0.4) is 0 Å². The van der Waals surface area contributed by atoms with Gasteiger partial charge in [0, 0.05) is 23.9 Å². The maximum atomic E-state index is 10.9. The van der Waals surface area contributed by atoms with Crippen LogP contribution in [-0.2, 0) is 6.54 Å². The first-order chi connectivity index (χ1) is 9.61. The Balaban J connectivity index is 1.92. The zero-order valence-electron chi connectivity index (χ0n) is 11.5. The van der Waals surface area contributed by atoms with Gasteiger partial charge in [0.1, 0.15) is 0 Å². The van der Waals surface area contributed by atoms with Crippen LogP contribution < -0.4 is 5.32 Å². The molecule has 0 spiro atoms. The smallest absolute Gasteiger partial charge is 0.283 e. The van der Waals surface area contributed by atoms with Crippen LogP contribution in [0.15, 0.2) is 22.7 Å². The van der Waals surface area contributed by atoms with Gasteiger partial charge in [-0.2, -0.15) is 11.8 Å². The summed E-state index contributed by atoms with van der Waals surface area (Å²) in [6.45, 7) is 0.677. The molecule has 0 amide bonds. The lowest BCUT2D eigenvalue weighted by Crippen LogP contribution is -2.33. The van der Waals surface area contributed by atoms with Crippen molar-refractivity contribution in [3.8, 4) is 0 Å². The largest absolute Gasteiger partial charge is 0.310 e. The van der Waals surface area contributed by atoms with Crippen LogP contribution in [0.1, 0.15) is 31.2 Å². The molecule has 1 aliphatic rings. The molecule has 1 N–H and O–H groups in total. The van der Waals surface area contributed by atoms with E-state index in [0.29, 0.717) is 17.1 Å². The Hall–Kier alpha value is -0.590. The Morgan fingerprint density at radius 3 is 2.70 bits per heavy atom. The summed E-state index contributed by atoms with van der Waals surface area (Å²) in [5.41, 5.74) is 1.08. The normalized spacial score (nSPS) is 22.7. The molecule has 0 bridgehead atoms. The van der Waals surface area contributed by atoms with Crippen molar-refractivity contribution >= 4 is 33.4 Å². The standard InChI is InChI=1S/C14H19BrN2O2S/c1-20-12-7-5-11(6-8-12)16-9-10-3-2-4-13(14(10)15)17(18)19/h2-4,11-12,16H,5-9H2,1H3. The van der Waals surface area contributed by atoms with Crippen LogP contribution in [0.5, 0.6) is 0 Å². The maximum absolute atomic E-state index is 10.9. The zero-order valence-corrected chi connectivity index (χ0v) is 13.9. The Labute approximate surface area is 132 Å². The minimum atomic E-state index is -0.350. The minimum Gasteiger partial charge on any atom is -0.310 e. The number of thioether (sulfide) groups is 1. The van der Waals surface area contributed by atoms with Crippen LogP contribution >= 0.6 is 27.7 Å². The Morgan fingerprint density at radius 1 is 1.40 bits per heavy atom. The maximum Gasteiger partial charge on any atom is 0.283 e. The summed E-state index contributed by atoms with van der Waals surface area (Å²) in [5.74, 6) is 0. The van der Waals surface area contributed by atoms with E-state index in [-0.39, 0.29) is 10.6 Å². The summed E-state index contributed by atoms with van der Waals surface area (Å²) < 4.78 is 0.593. The number of nitrogens with zero attached hydrogens (tertiary/aromatic N) is 1. The third kappa shape index (κ3) is 3.96. The molecule has 6 heteroatoms. The van der Waals surface area contributed by atoms with Gasteiger partial charge in [-0.25, -0.2) is 0 Å². The van der Waals surface area contributed by atoms with E-state index < -0.39 is 0 Å². The van der Waals surface area contributed by atoms with E-state index >= 15 is 0 Å². The molecule has 0 atom stereocenters. The van der Waals surface area contributed by atoms with Crippen LogP contribution in [0.2, 0.25) is 0 Å². The van der Waals surface area contributed by atoms with Gasteiger partial charge in [-0.05, 0) is 53.4 Å². The molecule has 0 saturated heterocycles. The molecule has 1 aromatic carbocycles. The van der Waals surface area contributed by atoms with Gasteiger partial charge in [0.25, 0.3) is 5.69 Å². The first-order valence-electron chi connectivity index (χ1n) is 6.79. The van der Waals surface area contributed by atoms with Crippen molar-refractivity contribution < 1.29 is 4.92 Å². The van der Waals surface area contributed by atoms with Gasteiger partial charge in [-0.15, -0.1) is 0 Å². The number of benzene rings is 1. The molecule has 1 aliphatic carbocycles. The lowest BCUT2D eigenvalue weighted by atomic mass is 9.95. The SMILES string of the molecule is CSC1CCC(NCc2cccc([N+](=O)[O-])c2Br)CC1. The van der Waals surface area contributed by atoms with Crippen molar-refractivity contribution in [2.45, 2.75) is 43.5 Å². The molecule has 110 valence electrons. The van der Waals surface area contributed by atoms with E-state index in [9.17, 15) is 10.1 Å². The van der Waals surface area contributed by atoms with Gasteiger partial charge in [0.2, 0.25) is 0 Å². The minimum absolute atomic E-state index is 0.135. The Bertz CT molecular complexity index is 476. The number of rotatable bonds is 5. The third-order valence-corrected chi connectivity index (χ3v) is 5.90. The van der Waals surface area contributed by atoms with Crippen molar-refractivity contribution in [2.75, 3.05) is 6.26 Å². The number of halogens is 1. The van der Waals surface area contributed by atoms with Gasteiger partial charge in [-0.1, -0.05) is 12.1 Å². The molecule has 1 fully saturated rings. The Morgan fingerprint density at radius 2 is 2.10 bits per heavy atom. The first kappa shape index (κ1) is 15.8. The van der Waals surface area contributed by atoms with Crippen molar-refractivity contribution in [3.63, 3.8) is 0 Å². The summed E-state index contributed by atoms with van der Waals surface area (Å²) in [5, 5.41) is 15.2. The fourth-order valence-corrected chi connectivity index (χ4v) is 3.89. The van der Waals surface area contributed by atoms with Gasteiger partial charge in [-0.3, -0.25) is 10.1 Å². The molecule has 4 nitrogen and oxygen atoms in total. The second-order valence-corrected chi connectivity index (χ2v) is 7.03. The number of hydrogen-bond acceptors (Lipinski definition) is 4. The summed E-state index contributed by atoms with van der Waals surface area (Å²) in [6, 6.07) is 5.73. The molecule has 20 heavy (non-hydrogen) atoms. The lowest BCUT2D eigenvalue weighted by Gasteiger charge is -2.28. The van der Waals surface area contributed by atoms with Crippen molar-refractivity contribution in [1.29, 1.82) is 0 Å². The van der Waals surface area contributed by atoms with E-state index in [4.69, 9.17) is 0 Å². The van der Waals surface area contributed by atoms with Crippen LogP contribution in [0.25, 0.3) is 0 Å². The van der Waals surface area contributed by atoms with Crippen molar-refractivity contribution in [1.82, 2.24) is 5.32 Å². The molecule has 0 unspecified atom stereocenters. The molecule has 1 saturated carbocycles. The Kier molecular flexibility index (Phi) is 5.86. The van der Waals surface area contributed by atoms with Crippen molar-refractivity contribution in [3.05, 3.63) is 38.3 Å². The highest BCUT2D eigenvalue weighted by molar-refractivity contribution is 9.10. The second kappa shape index (κ2) is 7.43. The highest BCUT2D eigenvalue weighted by atomic mass is 79.9. The van der Waals surface area contributed by atoms with E-state index in [2.05, 4.69) is 27.5 Å². The van der Waals surface area contributed by atoms with Gasteiger partial charge in [0.05, 0.1) is 9.40 Å². The fourth-order valence-electron chi connectivity index (χ4n) is 2.60. The predicted octanol–water partition coefficient (Wildman–Crippen LogP) is 4.12. The third-order valence-electron chi connectivity index (χ3n) is 3.84. The highest BCUT2D eigenvalue weighted by Crippen LogP contribution is 2.30. The fraction of sp³-hybridized carbons (Fsp3) is 0.571.